The minimum Gasteiger partial charge on any atom is -0.427 e. The van der Waals surface area contributed by atoms with Crippen LogP contribution >= 0.6 is 11.6 Å². The molecule has 1 aromatic rings. The molecule has 7 heteroatoms. The topological polar surface area (TPSA) is 79.2 Å². The Balaban J connectivity index is 1.99. The maximum Gasteiger partial charge on any atom is 0.528 e. The minimum atomic E-state index is -1.40. The van der Waals surface area contributed by atoms with Crippen LogP contribution in [0.3, 0.4) is 0 Å². The van der Waals surface area contributed by atoms with Crippen LogP contribution in [-0.2, 0) is 15.2 Å². The van der Waals surface area contributed by atoms with Gasteiger partial charge in [-0.25, -0.2) is 4.79 Å². The lowest BCUT2D eigenvalue weighted by Crippen LogP contribution is -2.54. The number of nitrogens with zero attached hydrogens (tertiary/aromatic N) is 1. The van der Waals surface area contributed by atoms with E-state index in [-0.39, 0.29) is 19.5 Å². The molecule has 1 saturated heterocycles. The second-order valence-electron chi connectivity index (χ2n) is 6.64. The molecule has 0 saturated carbocycles. The van der Waals surface area contributed by atoms with E-state index < -0.39 is 23.5 Å². The molecule has 0 amide bonds. The van der Waals surface area contributed by atoms with E-state index in [1.54, 1.807) is 45.0 Å². The van der Waals surface area contributed by atoms with Crippen LogP contribution in [0.1, 0.15) is 32.8 Å². The third kappa shape index (κ3) is 4.57. The van der Waals surface area contributed by atoms with E-state index in [9.17, 15) is 15.0 Å². The van der Waals surface area contributed by atoms with Gasteiger partial charge < -0.3 is 19.8 Å². The van der Waals surface area contributed by atoms with Gasteiger partial charge in [0.15, 0.2) is 0 Å². The first kappa shape index (κ1) is 18.0. The van der Waals surface area contributed by atoms with Gasteiger partial charge in [0.2, 0.25) is 0 Å². The molecule has 0 spiro atoms. The molecular formula is C16H22ClNO5. The number of piperidine rings is 1. The van der Waals surface area contributed by atoms with Crippen molar-refractivity contribution in [2.24, 2.45) is 0 Å². The van der Waals surface area contributed by atoms with Crippen LogP contribution in [0.25, 0.3) is 0 Å². The average molecular weight is 344 g/mol. The number of carbonyl (C=O) groups is 1. The average Bonchev–Trinajstić information content (AvgIpc) is 2.41. The van der Waals surface area contributed by atoms with Gasteiger partial charge in [-0.1, -0.05) is 23.7 Å². The number of β-amino-alcohol motifs (C(OH)–C–C–N with tert-alkyl or cyclic N) is 1. The molecule has 23 heavy (non-hydrogen) atoms. The molecule has 1 aromatic carbocycles. The van der Waals surface area contributed by atoms with E-state index in [2.05, 4.69) is 0 Å². The molecule has 0 aliphatic carbocycles. The highest BCUT2D eigenvalue weighted by molar-refractivity contribution is 6.30. The number of aliphatic hydroxyl groups is 2. The Labute approximate surface area is 140 Å². The summed E-state index contributed by atoms with van der Waals surface area (Å²) >= 11 is 5.84. The van der Waals surface area contributed by atoms with Crippen LogP contribution < -0.4 is 0 Å². The summed E-state index contributed by atoms with van der Waals surface area (Å²) in [6.07, 6.45) is -1.74. The van der Waals surface area contributed by atoms with Crippen molar-refractivity contribution in [2.45, 2.75) is 44.5 Å². The van der Waals surface area contributed by atoms with Crippen molar-refractivity contribution in [1.29, 1.82) is 0 Å². The fourth-order valence-corrected chi connectivity index (χ4v) is 2.56. The van der Waals surface area contributed by atoms with E-state index >= 15 is 0 Å². The number of hydroxylamine groups is 2. The normalized spacial score (nSPS) is 25.9. The fraction of sp³-hybridized carbons (Fsp3) is 0.562. The molecule has 0 aromatic heterocycles. The van der Waals surface area contributed by atoms with Crippen LogP contribution in [-0.4, -0.2) is 46.2 Å². The largest absolute Gasteiger partial charge is 0.528 e. The zero-order valence-electron chi connectivity index (χ0n) is 13.5. The number of rotatable bonds is 2. The summed E-state index contributed by atoms with van der Waals surface area (Å²) < 4.78 is 5.06. The third-order valence-electron chi connectivity index (χ3n) is 3.61. The lowest BCUT2D eigenvalue weighted by Gasteiger charge is -2.41. The SMILES string of the molecule is CC(C)(C)OC(=O)ON1CCC(O)(c2ccc(Cl)cc2)C(O)C1. The van der Waals surface area contributed by atoms with Crippen molar-refractivity contribution in [3.63, 3.8) is 0 Å². The number of hydrogen-bond acceptors (Lipinski definition) is 6. The number of carbonyl (C=O) groups excluding carboxylic acids is 1. The van der Waals surface area contributed by atoms with Gasteiger partial charge in [0.1, 0.15) is 17.3 Å². The molecule has 0 bridgehead atoms. The summed E-state index contributed by atoms with van der Waals surface area (Å²) in [6.45, 7) is 5.46. The van der Waals surface area contributed by atoms with Crippen LogP contribution in [0.2, 0.25) is 5.02 Å². The predicted octanol–water partition coefficient (Wildman–Crippen LogP) is 2.46. The van der Waals surface area contributed by atoms with Gasteiger partial charge in [0.05, 0.1) is 6.54 Å². The molecule has 0 radical (unpaired) electrons. The Bertz CT molecular complexity index is 557. The highest BCUT2D eigenvalue weighted by Crippen LogP contribution is 2.34. The van der Waals surface area contributed by atoms with Crippen molar-refractivity contribution < 1.29 is 24.6 Å². The highest BCUT2D eigenvalue weighted by atomic mass is 35.5. The molecule has 1 aliphatic rings. The Morgan fingerprint density at radius 2 is 1.96 bits per heavy atom. The van der Waals surface area contributed by atoms with Crippen molar-refractivity contribution in [3.8, 4) is 0 Å². The first-order chi connectivity index (χ1) is 10.6. The number of aliphatic hydroxyl groups excluding tert-OH is 1. The monoisotopic (exact) mass is 343 g/mol. The zero-order chi connectivity index (χ0) is 17.3. The number of ether oxygens (including phenoxy) is 1. The molecule has 2 rings (SSSR count). The van der Waals surface area contributed by atoms with Crippen LogP contribution in [0.5, 0.6) is 0 Å². The van der Waals surface area contributed by atoms with Gasteiger partial charge in [-0.3, -0.25) is 0 Å². The minimum absolute atomic E-state index is 0.0155. The summed E-state index contributed by atoms with van der Waals surface area (Å²) in [4.78, 5) is 16.7. The maximum atomic E-state index is 11.7. The molecular weight excluding hydrogens is 322 g/mol. The first-order valence-electron chi connectivity index (χ1n) is 7.42. The van der Waals surface area contributed by atoms with Crippen LogP contribution in [0.15, 0.2) is 24.3 Å². The van der Waals surface area contributed by atoms with E-state index in [0.717, 1.165) is 0 Å². The molecule has 6 nitrogen and oxygen atoms in total. The predicted molar refractivity (Wildman–Crippen MR) is 84.9 cm³/mol. The van der Waals surface area contributed by atoms with Gasteiger partial charge in [0, 0.05) is 11.6 Å². The van der Waals surface area contributed by atoms with E-state index in [4.69, 9.17) is 21.2 Å². The Kier molecular flexibility index (Phi) is 5.20. The van der Waals surface area contributed by atoms with Crippen LogP contribution in [0, 0.1) is 0 Å². The molecule has 2 unspecified atom stereocenters. The highest BCUT2D eigenvalue weighted by Gasteiger charge is 2.43. The lowest BCUT2D eigenvalue weighted by atomic mass is 9.83. The summed E-state index contributed by atoms with van der Waals surface area (Å²) in [5, 5.41) is 22.9. The standard InChI is InChI=1S/C16H22ClNO5/c1-15(2,3)22-14(20)23-18-9-8-16(21,13(19)10-18)11-4-6-12(17)7-5-11/h4-7,13,19,21H,8-10H2,1-3H3. The Morgan fingerprint density at radius 1 is 1.35 bits per heavy atom. The van der Waals surface area contributed by atoms with Gasteiger partial charge in [-0.05, 0) is 44.9 Å². The van der Waals surface area contributed by atoms with E-state index in [1.807, 2.05) is 0 Å². The van der Waals surface area contributed by atoms with Crippen molar-refractivity contribution >= 4 is 17.8 Å². The van der Waals surface area contributed by atoms with Crippen molar-refractivity contribution in [3.05, 3.63) is 34.9 Å². The second-order valence-corrected chi connectivity index (χ2v) is 7.08. The molecule has 1 aliphatic heterocycles. The summed E-state index contributed by atoms with van der Waals surface area (Å²) in [5.41, 5.74) is -1.49. The summed E-state index contributed by atoms with van der Waals surface area (Å²) in [6, 6.07) is 6.67. The summed E-state index contributed by atoms with van der Waals surface area (Å²) in [7, 11) is 0. The number of hydrogen-bond donors (Lipinski definition) is 2. The molecule has 1 fully saturated rings. The zero-order valence-corrected chi connectivity index (χ0v) is 14.2. The Hall–Kier alpha value is -1.34. The van der Waals surface area contributed by atoms with Crippen molar-refractivity contribution in [2.75, 3.05) is 13.1 Å². The van der Waals surface area contributed by atoms with Gasteiger partial charge in [-0.2, -0.15) is 0 Å². The number of halogens is 1. The van der Waals surface area contributed by atoms with E-state index in [0.29, 0.717) is 10.6 Å². The van der Waals surface area contributed by atoms with Gasteiger partial charge in [-0.15, -0.1) is 5.06 Å². The molecule has 2 N–H and O–H groups in total. The van der Waals surface area contributed by atoms with Gasteiger partial charge >= 0.3 is 6.16 Å². The van der Waals surface area contributed by atoms with Crippen LogP contribution in [0.4, 0.5) is 4.79 Å². The molecule has 1 heterocycles. The summed E-state index contributed by atoms with van der Waals surface area (Å²) in [5.74, 6) is 0. The van der Waals surface area contributed by atoms with E-state index in [1.165, 1.54) is 5.06 Å². The molecule has 128 valence electrons. The smallest absolute Gasteiger partial charge is 0.427 e. The quantitative estimate of drug-likeness (QED) is 0.803. The van der Waals surface area contributed by atoms with Crippen molar-refractivity contribution in [1.82, 2.24) is 5.06 Å². The lowest BCUT2D eigenvalue weighted by molar-refractivity contribution is -0.214. The first-order valence-corrected chi connectivity index (χ1v) is 7.80. The fourth-order valence-electron chi connectivity index (χ4n) is 2.43. The number of benzene rings is 1. The molecule has 2 atom stereocenters. The van der Waals surface area contributed by atoms with Gasteiger partial charge in [0.25, 0.3) is 0 Å². The second kappa shape index (κ2) is 6.65. The third-order valence-corrected chi connectivity index (χ3v) is 3.86. The maximum absolute atomic E-state index is 11.7. The Morgan fingerprint density at radius 3 is 2.48 bits per heavy atom.